The fourth-order valence-corrected chi connectivity index (χ4v) is 4.01. The fourth-order valence-electron chi connectivity index (χ4n) is 4.01. The summed E-state index contributed by atoms with van der Waals surface area (Å²) in [5.41, 5.74) is 7.35. The number of rotatable bonds is 6. The van der Waals surface area contributed by atoms with E-state index in [9.17, 15) is 4.79 Å². The standard InChI is InChI=1S/C25H20N8O2/c1-2-3-20(34)28-16-10-15(11-26-12-16)18-4-5-19-22(29-18)23(33-32-19)25-30-21-17(14-7-9-35-13-14)6-8-27-24(21)31-25/h4-13H,2-3H2,1H3,(H,28,34)(H,32,33)(H,27,30,31). The SMILES string of the molecule is CCCC(=O)Nc1cncc(-c2ccc3[nH]nc(-c4nc5nccc(-c6ccoc6)c5[nH]4)c3n2)c1. The fraction of sp³-hybridized carbons (Fsp3) is 0.120. The molecule has 0 bridgehead atoms. The van der Waals surface area contributed by atoms with Gasteiger partial charge in [-0.05, 0) is 36.8 Å². The van der Waals surface area contributed by atoms with Crippen LogP contribution < -0.4 is 5.32 Å². The minimum atomic E-state index is -0.0414. The van der Waals surface area contributed by atoms with Gasteiger partial charge in [-0.15, -0.1) is 0 Å². The molecule has 172 valence electrons. The Balaban J connectivity index is 1.40. The maximum atomic E-state index is 12.0. The third-order valence-corrected chi connectivity index (χ3v) is 5.65. The van der Waals surface area contributed by atoms with E-state index in [1.807, 2.05) is 37.3 Å². The number of nitrogens with zero attached hydrogens (tertiary/aromatic N) is 5. The van der Waals surface area contributed by atoms with Gasteiger partial charge in [-0.2, -0.15) is 5.10 Å². The first-order valence-corrected chi connectivity index (χ1v) is 11.2. The number of aromatic nitrogens is 7. The van der Waals surface area contributed by atoms with Gasteiger partial charge in [0, 0.05) is 35.5 Å². The van der Waals surface area contributed by atoms with E-state index in [1.54, 1.807) is 31.1 Å². The molecule has 10 heteroatoms. The Hall–Kier alpha value is -4.86. The number of aromatic amines is 2. The zero-order valence-corrected chi connectivity index (χ0v) is 18.7. The Morgan fingerprint density at radius 2 is 2.06 bits per heavy atom. The summed E-state index contributed by atoms with van der Waals surface area (Å²) in [5, 5.41) is 10.4. The van der Waals surface area contributed by atoms with Crippen LogP contribution in [-0.4, -0.2) is 41.0 Å². The normalized spacial score (nSPS) is 11.3. The summed E-state index contributed by atoms with van der Waals surface area (Å²) in [6.07, 6.45) is 9.60. The van der Waals surface area contributed by atoms with Gasteiger partial charge in [0.15, 0.2) is 17.2 Å². The molecule has 10 nitrogen and oxygen atoms in total. The number of H-pyrrole nitrogens is 2. The average molecular weight is 464 g/mol. The van der Waals surface area contributed by atoms with E-state index in [1.165, 1.54) is 0 Å². The Labute approximate surface area is 198 Å². The van der Waals surface area contributed by atoms with Crippen molar-refractivity contribution in [3.8, 4) is 33.9 Å². The first kappa shape index (κ1) is 20.7. The lowest BCUT2D eigenvalue weighted by Gasteiger charge is -2.06. The number of amides is 1. The Bertz CT molecular complexity index is 1670. The molecule has 0 atom stereocenters. The predicted molar refractivity (Wildman–Crippen MR) is 131 cm³/mol. The maximum Gasteiger partial charge on any atom is 0.224 e. The third-order valence-electron chi connectivity index (χ3n) is 5.65. The second-order valence-corrected chi connectivity index (χ2v) is 8.08. The number of hydrogen-bond donors (Lipinski definition) is 3. The third kappa shape index (κ3) is 3.80. The summed E-state index contributed by atoms with van der Waals surface area (Å²) in [7, 11) is 0. The Morgan fingerprint density at radius 3 is 2.91 bits per heavy atom. The number of carbonyl (C=O) groups excluding carboxylic acids is 1. The molecule has 0 spiro atoms. The van der Waals surface area contributed by atoms with E-state index in [4.69, 9.17) is 9.40 Å². The molecule has 0 aliphatic carbocycles. The van der Waals surface area contributed by atoms with Crippen molar-refractivity contribution in [1.82, 2.24) is 35.1 Å². The number of hydrogen-bond acceptors (Lipinski definition) is 7. The molecule has 3 N–H and O–H groups in total. The van der Waals surface area contributed by atoms with Crippen molar-refractivity contribution in [2.75, 3.05) is 5.32 Å². The first-order valence-electron chi connectivity index (χ1n) is 11.2. The molecule has 0 aliphatic rings. The van der Waals surface area contributed by atoms with Crippen LogP contribution in [0.25, 0.3) is 56.1 Å². The highest BCUT2D eigenvalue weighted by atomic mass is 16.3. The van der Waals surface area contributed by atoms with Crippen molar-refractivity contribution in [2.45, 2.75) is 19.8 Å². The number of anilines is 1. The number of fused-ring (bicyclic) bond motifs is 2. The van der Waals surface area contributed by atoms with Gasteiger partial charge in [0.05, 0.1) is 41.1 Å². The Kier molecular flexibility index (Phi) is 5.03. The summed E-state index contributed by atoms with van der Waals surface area (Å²) in [6, 6.07) is 9.45. The Morgan fingerprint density at radius 1 is 1.11 bits per heavy atom. The van der Waals surface area contributed by atoms with Crippen LogP contribution in [0.15, 0.2) is 65.9 Å². The number of nitrogens with one attached hydrogen (secondary N) is 3. The van der Waals surface area contributed by atoms with Crippen LogP contribution in [0.3, 0.4) is 0 Å². The van der Waals surface area contributed by atoms with Crippen molar-refractivity contribution < 1.29 is 9.21 Å². The topological polar surface area (TPSA) is 138 Å². The zero-order chi connectivity index (χ0) is 23.8. The molecule has 35 heavy (non-hydrogen) atoms. The van der Waals surface area contributed by atoms with Gasteiger partial charge in [-0.3, -0.25) is 14.9 Å². The molecule has 6 aromatic heterocycles. The summed E-state index contributed by atoms with van der Waals surface area (Å²) in [6.45, 7) is 1.96. The van der Waals surface area contributed by atoms with Crippen LogP contribution in [-0.2, 0) is 4.79 Å². The first-order chi connectivity index (χ1) is 17.2. The lowest BCUT2D eigenvalue weighted by Crippen LogP contribution is -2.10. The number of carbonyl (C=O) groups is 1. The van der Waals surface area contributed by atoms with Gasteiger partial charge < -0.3 is 14.7 Å². The van der Waals surface area contributed by atoms with Crippen LogP contribution in [0.1, 0.15) is 19.8 Å². The smallest absolute Gasteiger partial charge is 0.224 e. The van der Waals surface area contributed by atoms with E-state index < -0.39 is 0 Å². The summed E-state index contributed by atoms with van der Waals surface area (Å²) in [5.74, 6) is 0.512. The van der Waals surface area contributed by atoms with E-state index in [0.29, 0.717) is 40.5 Å². The highest BCUT2D eigenvalue weighted by Gasteiger charge is 2.17. The summed E-state index contributed by atoms with van der Waals surface area (Å²) >= 11 is 0. The molecule has 0 saturated carbocycles. The largest absolute Gasteiger partial charge is 0.472 e. The lowest BCUT2D eigenvalue weighted by molar-refractivity contribution is -0.116. The average Bonchev–Trinajstić information content (AvgIpc) is 3.63. The minimum absolute atomic E-state index is 0.0414. The van der Waals surface area contributed by atoms with Crippen LogP contribution in [0.2, 0.25) is 0 Å². The number of pyridine rings is 3. The molecule has 0 aromatic carbocycles. The number of furan rings is 1. The second-order valence-electron chi connectivity index (χ2n) is 8.08. The second kappa shape index (κ2) is 8.49. The summed E-state index contributed by atoms with van der Waals surface area (Å²) in [4.78, 5) is 33.5. The maximum absolute atomic E-state index is 12.0. The van der Waals surface area contributed by atoms with Crippen LogP contribution in [0.5, 0.6) is 0 Å². The van der Waals surface area contributed by atoms with Gasteiger partial charge in [0.2, 0.25) is 5.91 Å². The predicted octanol–water partition coefficient (Wildman–Crippen LogP) is 4.96. The van der Waals surface area contributed by atoms with Crippen molar-refractivity contribution in [1.29, 1.82) is 0 Å². The van der Waals surface area contributed by atoms with Crippen LogP contribution in [0, 0.1) is 0 Å². The molecule has 0 radical (unpaired) electrons. The van der Waals surface area contributed by atoms with Gasteiger partial charge in [0.25, 0.3) is 0 Å². The van der Waals surface area contributed by atoms with Crippen molar-refractivity contribution in [3.05, 3.63) is 61.4 Å². The van der Waals surface area contributed by atoms with Crippen molar-refractivity contribution in [3.63, 3.8) is 0 Å². The molecule has 1 amide bonds. The van der Waals surface area contributed by atoms with E-state index in [2.05, 4.69) is 35.5 Å². The highest BCUT2D eigenvalue weighted by molar-refractivity contribution is 5.95. The quantitative estimate of drug-likeness (QED) is 0.317. The van der Waals surface area contributed by atoms with Gasteiger partial charge in [-0.1, -0.05) is 6.92 Å². The zero-order valence-electron chi connectivity index (χ0n) is 18.7. The molecule has 0 unspecified atom stereocenters. The van der Waals surface area contributed by atoms with Gasteiger partial charge in [-0.25, -0.2) is 15.0 Å². The van der Waals surface area contributed by atoms with Crippen molar-refractivity contribution in [2.24, 2.45) is 0 Å². The van der Waals surface area contributed by atoms with Crippen LogP contribution >= 0.6 is 0 Å². The molecule has 6 rings (SSSR count). The highest BCUT2D eigenvalue weighted by Crippen LogP contribution is 2.31. The van der Waals surface area contributed by atoms with Gasteiger partial charge in [0.1, 0.15) is 5.52 Å². The molecule has 6 aromatic rings. The molecule has 0 fully saturated rings. The molecule has 0 aliphatic heterocycles. The number of imidazole rings is 1. The van der Waals surface area contributed by atoms with Crippen LogP contribution in [0.4, 0.5) is 5.69 Å². The minimum Gasteiger partial charge on any atom is -0.472 e. The van der Waals surface area contributed by atoms with E-state index in [-0.39, 0.29) is 5.91 Å². The molecule has 6 heterocycles. The van der Waals surface area contributed by atoms with E-state index in [0.717, 1.165) is 34.1 Å². The molecular formula is C25H20N8O2. The molecule has 0 saturated heterocycles. The van der Waals surface area contributed by atoms with Gasteiger partial charge >= 0.3 is 0 Å². The lowest BCUT2D eigenvalue weighted by atomic mass is 10.1. The summed E-state index contributed by atoms with van der Waals surface area (Å²) < 4.78 is 5.24. The van der Waals surface area contributed by atoms with E-state index >= 15 is 0 Å². The monoisotopic (exact) mass is 464 g/mol. The van der Waals surface area contributed by atoms with Crippen molar-refractivity contribution >= 4 is 33.8 Å². The molecular weight excluding hydrogens is 444 g/mol.